The van der Waals surface area contributed by atoms with Crippen LogP contribution in [0.3, 0.4) is 0 Å². The van der Waals surface area contributed by atoms with Gasteiger partial charge >= 0.3 is 0 Å². The number of aromatic nitrogens is 1. The lowest BCUT2D eigenvalue weighted by molar-refractivity contribution is -0.385. The fourth-order valence-corrected chi connectivity index (χ4v) is 2.83. The number of nitrogens with two attached hydrogens (primary N) is 1. The highest BCUT2D eigenvalue weighted by atomic mass is 32.2. The zero-order chi connectivity index (χ0) is 13.8. The molecule has 0 unspecified atom stereocenters. The van der Waals surface area contributed by atoms with Gasteiger partial charge in [-0.25, -0.2) is 18.5 Å². The Kier molecular flexibility index (Phi) is 4.60. The molecule has 0 fully saturated rings. The summed E-state index contributed by atoms with van der Waals surface area (Å²) in [5.41, 5.74) is -0.258. The third-order valence-corrected chi connectivity index (χ3v) is 3.81. The number of thioether (sulfide) groups is 1. The second kappa shape index (κ2) is 5.76. The molecule has 8 nitrogen and oxygen atoms in total. The lowest BCUT2D eigenvalue weighted by Crippen LogP contribution is -2.17. The Morgan fingerprint density at radius 3 is 2.78 bits per heavy atom. The van der Waals surface area contributed by atoms with E-state index >= 15 is 0 Å². The molecule has 2 N–H and O–H groups in total. The van der Waals surface area contributed by atoms with Crippen LogP contribution in [0.25, 0.3) is 0 Å². The molecule has 10 heteroatoms. The first-order chi connectivity index (χ1) is 8.33. The monoisotopic (exact) mass is 288 g/mol. The van der Waals surface area contributed by atoms with Crippen molar-refractivity contribution < 1.29 is 13.3 Å². The van der Waals surface area contributed by atoms with E-state index in [1.807, 2.05) is 0 Å². The molecule has 0 bridgehead atoms. The van der Waals surface area contributed by atoms with Crippen molar-refractivity contribution in [1.29, 1.82) is 5.26 Å². The Balaban J connectivity index is 2.84. The fraction of sp³-hybridized carbons (Fsp3) is 0.250. The lowest BCUT2D eigenvalue weighted by Gasteiger charge is -2.01. The van der Waals surface area contributed by atoms with Gasteiger partial charge < -0.3 is 0 Å². The minimum atomic E-state index is -3.58. The summed E-state index contributed by atoms with van der Waals surface area (Å²) in [5, 5.41) is 24.4. The summed E-state index contributed by atoms with van der Waals surface area (Å²) in [7, 11) is -3.58. The Morgan fingerprint density at radius 1 is 1.61 bits per heavy atom. The highest BCUT2D eigenvalue weighted by Crippen LogP contribution is 2.23. The van der Waals surface area contributed by atoms with E-state index in [1.54, 1.807) is 6.07 Å². The number of hydrogen-bond donors (Lipinski definition) is 1. The molecule has 0 aliphatic rings. The zero-order valence-electron chi connectivity index (χ0n) is 8.94. The van der Waals surface area contributed by atoms with Gasteiger partial charge in [-0.3, -0.25) is 10.1 Å². The molecule has 0 aliphatic carbocycles. The molecule has 1 aromatic heterocycles. The van der Waals surface area contributed by atoms with Crippen LogP contribution in [0.15, 0.2) is 17.3 Å². The van der Waals surface area contributed by atoms with Crippen LogP contribution in [0, 0.1) is 21.4 Å². The summed E-state index contributed by atoms with van der Waals surface area (Å²) in [6.07, 6.45) is 1.01. The van der Waals surface area contributed by atoms with Crippen molar-refractivity contribution >= 4 is 27.5 Å². The van der Waals surface area contributed by atoms with Gasteiger partial charge in [-0.15, -0.1) is 11.8 Å². The van der Waals surface area contributed by atoms with E-state index in [9.17, 15) is 18.5 Å². The van der Waals surface area contributed by atoms with E-state index in [0.29, 0.717) is 0 Å². The molecule has 0 saturated heterocycles. The highest BCUT2D eigenvalue weighted by Gasteiger charge is 2.13. The van der Waals surface area contributed by atoms with E-state index < -0.39 is 14.9 Å². The smallest absolute Gasteiger partial charge is 0.258 e. The molecule has 96 valence electrons. The number of hydrogen-bond acceptors (Lipinski definition) is 7. The van der Waals surface area contributed by atoms with Crippen LogP contribution in [0.1, 0.15) is 5.56 Å². The Hall–Kier alpha value is -1.70. The van der Waals surface area contributed by atoms with Crippen LogP contribution in [-0.4, -0.2) is 29.8 Å². The molecular formula is C8H8N4O4S2. The molecule has 0 amide bonds. The van der Waals surface area contributed by atoms with Gasteiger partial charge in [0, 0.05) is 11.8 Å². The second-order valence-electron chi connectivity index (χ2n) is 3.13. The van der Waals surface area contributed by atoms with E-state index in [1.165, 1.54) is 0 Å². The maximum atomic E-state index is 10.7. The topological polar surface area (TPSA) is 140 Å². The Labute approximate surface area is 107 Å². The first kappa shape index (κ1) is 14.4. The Morgan fingerprint density at radius 2 is 2.28 bits per heavy atom. The molecule has 1 rings (SSSR count). The number of sulfonamides is 1. The zero-order valence-corrected chi connectivity index (χ0v) is 10.6. The van der Waals surface area contributed by atoms with Gasteiger partial charge in [0.2, 0.25) is 10.0 Å². The van der Waals surface area contributed by atoms with Crippen molar-refractivity contribution in [1.82, 2.24) is 4.98 Å². The van der Waals surface area contributed by atoms with Gasteiger partial charge in [0.05, 0.1) is 16.2 Å². The molecule has 1 aromatic rings. The van der Waals surface area contributed by atoms with Crippen LogP contribution in [0.5, 0.6) is 0 Å². The van der Waals surface area contributed by atoms with Crippen LogP contribution in [-0.2, 0) is 10.0 Å². The minimum Gasteiger partial charge on any atom is -0.258 e. The van der Waals surface area contributed by atoms with E-state index in [2.05, 4.69) is 4.98 Å². The molecule has 0 saturated carbocycles. The molecule has 0 aliphatic heterocycles. The third-order valence-electron chi connectivity index (χ3n) is 1.77. The number of nitriles is 1. The van der Waals surface area contributed by atoms with Gasteiger partial charge in [-0.05, 0) is 0 Å². The van der Waals surface area contributed by atoms with Crippen molar-refractivity contribution in [3.63, 3.8) is 0 Å². The molecular weight excluding hydrogens is 280 g/mol. The van der Waals surface area contributed by atoms with Crippen LogP contribution in [0.4, 0.5) is 5.69 Å². The Bertz CT molecular complexity index is 608. The number of nitro groups is 1. The van der Waals surface area contributed by atoms with E-state index in [-0.39, 0.29) is 27.8 Å². The summed E-state index contributed by atoms with van der Waals surface area (Å²) in [6, 6.07) is 2.86. The summed E-state index contributed by atoms with van der Waals surface area (Å²) >= 11 is 1.00. The predicted octanol–water partition coefficient (Wildman–Crippen LogP) is 0.242. The van der Waals surface area contributed by atoms with Crippen molar-refractivity contribution in [2.75, 3.05) is 11.5 Å². The number of rotatable bonds is 5. The summed E-state index contributed by atoms with van der Waals surface area (Å²) in [5.74, 6) is -0.139. The SMILES string of the molecule is N#Cc1cc([N+](=O)[O-])cnc1SCCS(N)(=O)=O. The summed E-state index contributed by atoms with van der Waals surface area (Å²) in [4.78, 5) is 13.6. The highest BCUT2D eigenvalue weighted by molar-refractivity contribution is 8.00. The van der Waals surface area contributed by atoms with Crippen LogP contribution in [0.2, 0.25) is 0 Å². The van der Waals surface area contributed by atoms with Gasteiger partial charge in [0.25, 0.3) is 5.69 Å². The third kappa shape index (κ3) is 4.28. The number of nitrogens with zero attached hydrogens (tertiary/aromatic N) is 3. The quantitative estimate of drug-likeness (QED) is 0.465. The van der Waals surface area contributed by atoms with Crippen molar-refractivity contribution in [3.05, 3.63) is 27.9 Å². The van der Waals surface area contributed by atoms with Crippen LogP contribution < -0.4 is 5.14 Å². The molecule has 0 atom stereocenters. The molecule has 18 heavy (non-hydrogen) atoms. The van der Waals surface area contributed by atoms with Gasteiger partial charge in [-0.2, -0.15) is 5.26 Å². The van der Waals surface area contributed by atoms with Gasteiger partial charge in [0.15, 0.2) is 0 Å². The maximum Gasteiger partial charge on any atom is 0.288 e. The predicted molar refractivity (Wildman–Crippen MR) is 64.3 cm³/mol. The first-order valence-electron chi connectivity index (χ1n) is 4.51. The second-order valence-corrected chi connectivity index (χ2v) is 5.95. The number of primary sulfonamides is 1. The van der Waals surface area contributed by atoms with Crippen LogP contribution >= 0.6 is 11.8 Å². The lowest BCUT2D eigenvalue weighted by atomic mass is 10.3. The largest absolute Gasteiger partial charge is 0.288 e. The first-order valence-corrected chi connectivity index (χ1v) is 7.21. The molecule has 0 spiro atoms. The van der Waals surface area contributed by atoms with E-state index in [4.69, 9.17) is 10.4 Å². The van der Waals surface area contributed by atoms with Gasteiger partial charge in [-0.1, -0.05) is 0 Å². The molecule has 0 aromatic carbocycles. The average molecular weight is 288 g/mol. The van der Waals surface area contributed by atoms with E-state index in [0.717, 1.165) is 24.0 Å². The standard InChI is InChI=1S/C8H8N4O4S2/c9-4-6-3-7(12(13)14)5-11-8(6)17-1-2-18(10,15)16/h3,5H,1-2H2,(H2,10,15,16). The number of pyridine rings is 1. The summed E-state index contributed by atoms with van der Waals surface area (Å²) < 4.78 is 21.4. The average Bonchev–Trinajstić information content (AvgIpc) is 2.27. The van der Waals surface area contributed by atoms with Crippen molar-refractivity contribution in [3.8, 4) is 6.07 Å². The van der Waals surface area contributed by atoms with Crippen molar-refractivity contribution in [2.45, 2.75) is 5.03 Å². The fourth-order valence-electron chi connectivity index (χ4n) is 0.991. The minimum absolute atomic E-state index is 0.0311. The molecule has 1 heterocycles. The van der Waals surface area contributed by atoms with Crippen molar-refractivity contribution in [2.24, 2.45) is 5.14 Å². The normalized spacial score (nSPS) is 10.9. The molecule has 0 radical (unpaired) electrons. The van der Waals surface area contributed by atoms with Gasteiger partial charge in [0.1, 0.15) is 17.3 Å². The maximum absolute atomic E-state index is 10.7. The summed E-state index contributed by atoms with van der Waals surface area (Å²) in [6.45, 7) is 0.